The van der Waals surface area contributed by atoms with Crippen molar-refractivity contribution >= 4 is 38.9 Å². The molecule has 9 heteroatoms. The number of nitrogens with zero attached hydrogens (tertiary/aromatic N) is 2. The fourth-order valence-electron chi connectivity index (χ4n) is 4.41. The lowest BCUT2D eigenvalue weighted by atomic mass is 10.00. The zero-order valence-corrected chi connectivity index (χ0v) is 23.2. The highest BCUT2D eigenvalue weighted by atomic mass is 35.5. The van der Waals surface area contributed by atoms with Crippen LogP contribution in [-0.2, 0) is 14.8 Å². The number of amides is 1. The average Bonchev–Trinajstić information content (AvgIpc) is 2.88. The summed E-state index contributed by atoms with van der Waals surface area (Å²) in [5.74, 6) is -0.136. The van der Waals surface area contributed by atoms with Gasteiger partial charge < -0.3 is 4.74 Å². The molecule has 37 heavy (non-hydrogen) atoms. The number of hydrogen-bond acceptors (Lipinski definition) is 5. The molecule has 1 N–H and O–H groups in total. The Labute approximate surface area is 226 Å². The van der Waals surface area contributed by atoms with E-state index < -0.39 is 22.5 Å². The second-order valence-corrected chi connectivity index (χ2v) is 11.6. The van der Waals surface area contributed by atoms with Crippen LogP contribution in [0.25, 0.3) is 0 Å². The van der Waals surface area contributed by atoms with Crippen molar-refractivity contribution in [2.24, 2.45) is 5.10 Å². The predicted molar refractivity (Wildman–Crippen MR) is 150 cm³/mol. The van der Waals surface area contributed by atoms with E-state index in [2.05, 4.69) is 10.5 Å². The molecule has 1 aliphatic rings. The van der Waals surface area contributed by atoms with Crippen LogP contribution in [0.4, 0.5) is 5.69 Å². The predicted octanol–water partition coefficient (Wildman–Crippen LogP) is 6.71. The van der Waals surface area contributed by atoms with Gasteiger partial charge in [-0.1, -0.05) is 68.7 Å². The summed E-state index contributed by atoms with van der Waals surface area (Å²) in [5.41, 5.74) is 3.88. The molecule has 1 aliphatic carbocycles. The molecule has 2 aromatic carbocycles. The fraction of sp³-hybridized carbons (Fsp3) is 0.500. The van der Waals surface area contributed by atoms with Crippen molar-refractivity contribution in [2.45, 2.75) is 82.4 Å². The Morgan fingerprint density at radius 1 is 0.919 bits per heavy atom. The van der Waals surface area contributed by atoms with Crippen LogP contribution in [0.5, 0.6) is 5.75 Å². The summed E-state index contributed by atoms with van der Waals surface area (Å²) in [5, 5.41) is 4.85. The number of para-hydroxylation sites is 2. The summed E-state index contributed by atoms with van der Waals surface area (Å²) in [6.07, 6.45) is 12.5. The van der Waals surface area contributed by atoms with Gasteiger partial charge in [-0.3, -0.25) is 9.10 Å². The molecule has 2 aromatic rings. The van der Waals surface area contributed by atoms with Gasteiger partial charge in [0.05, 0.1) is 17.2 Å². The van der Waals surface area contributed by atoms with Crippen molar-refractivity contribution < 1.29 is 17.9 Å². The first-order chi connectivity index (χ1) is 17.9. The number of hydrogen-bond donors (Lipinski definition) is 1. The maximum Gasteiger partial charge on any atom is 0.264 e. The van der Waals surface area contributed by atoms with Crippen molar-refractivity contribution in [3.63, 3.8) is 0 Å². The van der Waals surface area contributed by atoms with E-state index in [1.54, 1.807) is 24.3 Å². The molecule has 3 rings (SSSR count). The molecule has 0 unspecified atom stereocenters. The molecule has 0 spiro atoms. The summed E-state index contributed by atoms with van der Waals surface area (Å²) < 4.78 is 34.1. The van der Waals surface area contributed by atoms with Gasteiger partial charge in [0.1, 0.15) is 12.3 Å². The van der Waals surface area contributed by atoms with Crippen LogP contribution in [0.2, 0.25) is 5.02 Å². The topological polar surface area (TPSA) is 88.1 Å². The van der Waals surface area contributed by atoms with Crippen molar-refractivity contribution in [3.05, 3.63) is 53.6 Å². The molecule has 1 saturated carbocycles. The third kappa shape index (κ3) is 9.04. The summed E-state index contributed by atoms with van der Waals surface area (Å²) in [7, 11) is -4.09. The zero-order valence-electron chi connectivity index (χ0n) is 21.6. The van der Waals surface area contributed by atoms with Gasteiger partial charge in [0.15, 0.2) is 0 Å². The SMILES string of the molecule is CCOc1ccccc1N(CC(=O)NN=C1CCCCCCCCCCC1)S(=O)(=O)c1ccc(Cl)cc1. The van der Waals surface area contributed by atoms with Crippen molar-refractivity contribution in [1.29, 1.82) is 0 Å². The lowest BCUT2D eigenvalue weighted by Gasteiger charge is -2.25. The first-order valence-corrected chi connectivity index (χ1v) is 15.1. The molecule has 0 aromatic heterocycles. The van der Waals surface area contributed by atoms with Crippen LogP contribution < -0.4 is 14.5 Å². The summed E-state index contributed by atoms with van der Waals surface area (Å²) in [6, 6.07) is 12.7. The average molecular weight is 548 g/mol. The standard InChI is InChI=1S/C28H38ClN3O4S/c1-2-36-27-17-13-12-16-26(27)32(37(34,35)25-20-18-23(29)19-21-25)22-28(33)31-30-24-14-10-8-6-4-3-5-7-9-11-15-24/h12-13,16-21H,2-11,14-15,22H2,1H3,(H,31,33). The van der Waals surface area contributed by atoms with Crippen molar-refractivity contribution in [3.8, 4) is 5.75 Å². The van der Waals surface area contributed by atoms with E-state index in [1.165, 1.54) is 56.4 Å². The van der Waals surface area contributed by atoms with Crippen LogP contribution in [0.1, 0.15) is 77.6 Å². The number of ether oxygens (including phenoxy) is 1. The third-order valence-electron chi connectivity index (χ3n) is 6.39. The molecule has 0 bridgehead atoms. The third-order valence-corrected chi connectivity index (χ3v) is 8.42. The van der Waals surface area contributed by atoms with E-state index in [4.69, 9.17) is 16.3 Å². The molecule has 0 radical (unpaired) electrons. The number of sulfonamides is 1. The second kappa shape index (κ2) is 15.0. The Bertz CT molecular complexity index is 1120. The number of carbonyl (C=O) groups is 1. The van der Waals surface area contributed by atoms with E-state index >= 15 is 0 Å². The molecule has 0 heterocycles. The second-order valence-electron chi connectivity index (χ2n) is 9.26. The number of anilines is 1. The van der Waals surface area contributed by atoms with Gasteiger partial charge in [0.25, 0.3) is 15.9 Å². The highest BCUT2D eigenvalue weighted by Crippen LogP contribution is 2.32. The number of nitrogens with one attached hydrogen (secondary N) is 1. The first kappa shape index (κ1) is 29.0. The fourth-order valence-corrected chi connectivity index (χ4v) is 5.97. The van der Waals surface area contributed by atoms with E-state index in [0.29, 0.717) is 17.4 Å². The number of halogens is 1. The summed E-state index contributed by atoms with van der Waals surface area (Å²) >= 11 is 5.98. The van der Waals surface area contributed by atoms with Crippen molar-refractivity contribution in [1.82, 2.24) is 5.43 Å². The number of rotatable bonds is 8. The maximum atomic E-state index is 13.7. The van der Waals surface area contributed by atoms with E-state index in [-0.39, 0.29) is 10.6 Å². The maximum absolute atomic E-state index is 13.7. The van der Waals surface area contributed by atoms with Gasteiger partial charge in [0.2, 0.25) is 0 Å². The van der Waals surface area contributed by atoms with Crippen molar-refractivity contribution in [2.75, 3.05) is 17.5 Å². The van der Waals surface area contributed by atoms with Crippen LogP contribution in [0.3, 0.4) is 0 Å². The molecule has 0 aliphatic heterocycles. The molecule has 0 saturated heterocycles. The quantitative estimate of drug-likeness (QED) is 0.372. The Morgan fingerprint density at radius 2 is 1.49 bits per heavy atom. The lowest BCUT2D eigenvalue weighted by Crippen LogP contribution is -2.40. The molecular weight excluding hydrogens is 510 g/mol. The normalized spacial score (nSPS) is 15.7. The van der Waals surface area contributed by atoms with E-state index in [9.17, 15) is 13.2 Å². The summed E-state index contributed by atoms with van der Waals surface area (Å²) in [4.78, 5) is 13.1. The Balaban J connectivity index is 1.82. The van der Waals surface area contributed by atoms with E-state index in [1.807, 2.05) is 6.92 Å². The Kier molecular flexibility index (Phi) is 11.7. The minimum absolute atomic E-state index is 0.0293. The zero-order chi connectivity index (χ0) is 26.5. The van der Waals surface area contributed by atoms with Gasteiger partial charge in [-0.05, 0) is 69.0 Å². The molecule has 1 fully saturated rings. The highest BCUT2D eigenvalue weighted by Gasteiger charge is 2.29. The highest BCUT2D eigenvalue weighted by molar-refractivity contribution is 7.92. The van der Waals surface area contributed by atoms with Gasteiger partial charge in [-0.15, -0.1) is 0 Å². The smallest absolute Gasteiger partial charge is 0.264 e. The van der Waals surface area contributed by atoms with Gasteiger partial charge in [-0.25, -0.2) is 13.8 Å². The van der Waals surface area contributed by atoms with Crippen LogP contribution in [0, 0.1) is 0 Å². The monoisotopic (exact) mass is 547 g/mol. The molecule has 7 nitrogen and oxygen atoms in total. The Hall–Kier alpha value is -2.58. The van der Waals surface area contributed by atoms with Gasteiger partial charge in [0, 0.05) is 10.7 Å². The van der Waals surface area contributed by atoms with Gasteiger partial charge >= 0.3 is 0 Å². The van der Waals surface area contributed by atoms with Crippen LogP contribution in [-0.4, -0.2) is 33.2 Å². The minimum Gasteiger partial charge on any atom is -0.492 e. The molecule has 0 atom stereocenters. The first-order valence-electron chi connectivity index (χ1n) is 13.3. The number of carbonyl (C=O) groups excluding carboxylic acids is 1. The van der Waals surface area contributed by atoms with E-state index in [0.717, 1.165) is 48.5 Å². The minimum atomic E-state index is -4.09. The molecule has 202 valence electrons. The molecular formula is C28H38ClN3O4S. The summed E-state index contributed by atoms with van der Waals surface area (Å²) in [6.45, 7) is 1.73. The van der Waals surface area contributed by atoms with Crippen LogP contribution >= 0.6 is 11.6 Å². The lowest BCUT2D eigenvalue weighted by molar-refractivity contribution is -0.119. The molecule has 1 amide bonds. The largest absolute Gasteiger partial charge is 0.492 e. The Morgan fingerprint density at radius 3 is 2.08 bits per heavy atom. The number of benzene rings is 2. The van der Waals surface area contributed by atoms with Gasteiger partial charge in [-0.2, -0.15) is 5.10 Å². The number of hydrazone groups is 1. The van der Waals surface area contributed by atoms with Crippen LogP contribution in [0.15, 0.2) is 58.5 Å².